The average Bonchev–Trinajstić information content (AvgIpc) is 2.27. The minimum Gasteiger partial charge on any atom is -0.482 e. The Bertz CT molecular complexity index is 457. The van der Waals surface area contributed by atoms with Crippen LogP contribution in [0.15, 0.2) is 18.2 Å². The Kier molecular flexibility index (Phi) is 5.08. The number of likely N-dealkylation sites (N-methyl/N-ethyl adjacent to an activating group) is 1. The molecule has 0 aliphatic rings. The molecule has 0 spiro atoms. The van der Waals surface area contributed by atoms with Crippen LogP contribution in [0.3, 0.4) is 0 Å². The molecule has 1 rings (SSSR count). The Morgan fingerprint density at radius 1 is 1.53 bits per heavy atom. The maximum atomic E-state index is 11.5. The molecule has 17 heavy (non-hydrogen) atoms. The van der Waals surface area contributed by atoms with Gasteiger partial charge in [0.25, 0.3) is 5.91 Å². The van der Waals surface area contributed by atoms with Gasteiger partial charge in [0.2, 0.25) is 0 Å². The van der Waals surface area contributed by atoms with Gasteiger partial charge < -0.3 is 9.64 Å². The summed E-state index contributed by atoms with van der Waals surface area (Å²) in [5.74, 6) is 0.0901. The molecule has 0 radical (unpaired) electrons. The predicted molar refractivity (Wildman–Crippen MR) is 65.2 cm³/mol. The Morgan fingerprint density at radius 2 is 2.24 bits per heavy atom. The zero-order valence-corrected chi connectivity index (χ0v) is 10.6. The first-order valence-corrected chi connectivity index (χ1v) is 5.49. The lowest BCUT2D eigenvalue weighted by molar-refractivity contribution is -0.131. The molecule has 0 atom stereocenters. The Labute approximate surface area is 109 Å². The molecule has 0 bridgehead atoms. The van der Waals surface area contributed by atoms with Gasteiger partial charge in [-0.2, -0.15) is 5.26 Å². The summed E-state index contributed by atoms with van der Waals surface area (Å²) in [6, 6.07) is 6.60. The molecule has 0 fully saturated rings. The van der Waals surface area contributed by atoms with Gasteiger partial charge in [-0.3, -0.25) is 4.79 Å². The lowest BCUT2D eigenvalue weighted by Crippen LogP contribution is -2.31. The summed E-state index contributed by atoms with van der Waals surface area (Å²) in [5, 5.41) is 9.26. The van der Waals surface area contributed by atoms with Crippen molar-refractivity contribution in [3.63, 3.8) is 0 Å². The second kappa shape index (κ2) is 6.33. The number of hydrogen-bond acceptors (Lipinski definition) is 3. The van der Waals surface area contributed by atoms with E-state index in [4.69, 9.17) is 33.2 Å². The van der Waals surface area contributed by atoms with Gasteiger partial charge >= 0.3 is 0 Å². The van der Waals surface area contributed by atoms with E-state index in [9.17, 15) is 4.79 Å². The second-order valence-electron chi connectivity index (χ2n) is 3.27. The van der Waals surface area contributed by atoms with Crippen molar-refractivity contribution in [1.82, 2.24) is 4.90 Å². The van der Waals surface area contributed by atoms with Crippen LogP contribution in [0.25, 0.3) is 0 Å². The van der Waals surface area contributed by atoms with Gasteiger partial charge in [0, 0.05) is 12.1 Å². The van der Waals surface area contributed by atoms with Crippen molar-refractivity contribution in [1.29, 1.82) is 5.26 Å². The summed E-state index contributed by atoms with van der Waals surface area (Å²) >= 11 is 11.6. The number of halogens is 2. The molecule has 0 N–H and O–H groups in total. The number of carbonyl (C=O) groups excluding carboxylic acids is 1. The van der Waals surface area contributed by atoms with Crippen molar-refractivity contribution < 1.29 is 9.53 Å². The van der Waals surface area contributed by atoms with E-state index >= 15 is 0 Å². The molecule has 0 saturated heterocycles. The first kappa shape index (κ1) is 13.6. The van der Waals surface area contributed by atoms with E-state index < -0.39 is 0 Å². The summed E-state index contributed by atoms with van der Waals surface area (Å²) in [5.41, 5.74) is 0. The van der Waals surface area contributed by atoms with Gasteiger partial charge in [-0.1, -0.05) is 23.2 Å². The lowest BCUT2D eigenvalue weighted by Gasteiger charge is -2.14. The quantitative estimate of drug-likeness (QED) is 0.791. The van der Waals surface area contributed by atoms with Crippen LogP contribution in [0, 0.1) is 11.3 Å². The molecule has 90 valence electrons. The summed E-state index contributed by atoms with van der Waals surface area (Å²) in [6.45, 7) is -0.143. The van der Waals surface area contributed by atoms with Crippen molar-refractivity contribution in [2.75, 3.05) is 20.2 Å². The number of carbonyl (C=O) groups is 1. The maximum Gasteiger partial charge on any atom is 0.261 e. The molecule has 0 aliphatic carbocycles. The number of nitriles is 1. The molecule has 0 aliphatic heterocycles. The van der Waals surface area contributed by atoms with Gasteiger partial charge in [-0.05, 0) is 18.2 Å². The van der Waals surface area contributed by atoms with Crippen molar-refractivity contribution in [2.24, 2.45) is 0 Å². The molecule has 1 amide bonds. The number of rotatable bonds is 4. The highest BCUT2D eigenvalue weighted by molar-refractivity contribution is 6.35. The van der Waals surface area contributed by atoms with Crippen LogP contribution < -0.4 is 4.74 Å². The molecular weight excluding hydrogens is 263 g/mol. The third-order valence-corrected chi connectivity index (χ3v) is 2.51. The fourth-order valence-corrected chi connectivity index (χ4v) is 1.50. The molecule has 0 aromatic heterocycles. The van der Waals surface area contributed by atoms with Crippen LogP contribution in [0.1, 0.15) is 0 Å². The summed E-state index contributed by atoms with van der Waals surface area (Å²) in [6.07, 6.45) is 0. The molecule has 1 aromatic rings. The smallest absolute Gasteiger partial charge is 0.261 e. The standard InChI is InChI=1S/C11H10Cl2N2O2/c1-15(5-4-14)11(16)7-17-10-3-2-8(12)6-9(10)13/h2-3,6H,5,7H2,1H3. The van der Waals surface area contributed by atoms with E-state index in [1.54, 1.807) is 12.1 Å². The van der Waals surface area contributed by atoms with Gasteiger partial charge in [0.05, 0.1) is 11.1 Å². The second-order valence-corrected chi connectivity index (χ2v) is 4.11. The summed E-state index contributed by atoms with van der Waals surface area (Å²) in [4.78, 5) is 12.7. The van der Waals surface area contributed by atoms with Gasteiger partial charge in [0.1, 0.15) is 12.3 Å². The number of benzene rings is 1. The number of nitrogens with zero attached hydrogens (tertiary/aromatic N) is 2. The minimum absolute atomic E-state index is 0.0243. The van der Waals surface area contributed by atoms with E-state index in [2.05, 4.69) is 0 Å². The van der Waals surface area contributed by atoms with Crippen LogP contribution in [0.5, 0.6) is 5.75 Å². The monoisotopic (exact) mass is 272 g/mol. The van der Waals surface area contributed by atoms with E-state index in [0.717, 1.165) is 0 Å². The Hall–Kier alpha value is -1.44. The van der Waals surface area contributed by atoms with Gasteiger partial charge in [-0.25, -0.2) is 0 Å². The molecule has 0 saturated carbocycles. The highest BCUT2D eigenvalue weighted by atomic mass is 35.5. The third-order valence-electron chi connectivity index (χ3n) is 1.98. The Balaban J connectivity index is 2.56. The first-order chi connectivity index (χ1) is 8.04. The van der Waals surface area contributed by atoms with Crippen molar-refractivity contribution in [3.8, 4) is 11.8 Å². The maximum absolute atomic E-state index is 11.5. The van der Waals surface area contributed by atoms with Crippen LogP contribution >= 0.6 is 23.2 Å². The zero-order valence-electron chi connectivity index (χ0n) is 9.11. The molecule has 0 unspecified atom stereocenters. The lowest BCUT2D eigenvalue weighted by atomic mass is 10.3. The van der Waals surface area contributed by atoms with E-state index in [0.29, 0.717) is 15.8 Å². The normalized spacial score (nSPS) is 9.53. The fourth-order valence-electron chi connectivity index (χ4n) is 1.04. The first-order valence-electron chi connectivity index (χ1n) is 4.73. The van der Waals surface area contributed by atoms with E-state index in [-0.39, 0.29) is 19.1 Å². The molecule has 6 heteroatoms. The van der Waals surface area contributed by atoms with Crippen molar-refractivity contribution in [2.45, 2.75) is 0 Å². The van der Waals surface area contributed by atoms with Crippen molar-refractivity contribution in [3.05, 3.63) is 28.2 Å². The van der Waals surface area contributed by atoms with E-state index in [1.165, 1.54) is 18.0 Å². The van der Waals surface area contributed by atoms with Crippen LogP contribution in [-0.4, -0.2) is 31.0 Å². The number of amides is 1. The third kappa shape index (κ3) is 4.14. The number of ether oxygens (including phenoxy) is 1. The minimum atomic E-state index is -0.294. The van der Waals surface area contributed by atoms with Crippen LogP contribution in [0.4, 0.5) is 0 Å². The molecule has 4 nitrogen and oxygen atoms in total. The van der Waals surface area contributed by atoms with Gasteiger partial charge in [0.15, 0.2) is 6.61 Å². The SMILES string of the molecule is CN(CC#N)C(=O)COc1ccc(Cl)cc1Cl. The predicted octanol–water partition coefficient (Wildman–Crippen LogP) is 2.35. The Morgan fingerprint density at radius 3 is 2.82 bits per heavy atom. The topological polar surface area (TPSA) is 53.3 Å². The van der Waals surface area contributed by atoms with Gasteiger partial charge in [-0.15, -0.1) is 0 Å². The molecular formula is C11H10Cl2N2O2. The van der Waals surface area contributed by atoms with Crippen molar-refractivity contribution >= 4 is 29.1 Å². The average molecular weight is 273 g/mol. The molecule has 1 aromatic carbocycles. The van der Waals surface area contributed by atoms with Crippen LogP contribution in [0.2, 0.25) is 10.0 Å². The highest BCUT2D eigenvalue weighted by Gasteiger charge is 2.10. The highest BCUT2D eigenvalue weighted by Crippen LogP contribution is 2.27. The zero-order chi connectivity index (χ0) is 12.8. The number of hydrogen-bond donors (Lipinski definition) is 0. The van der Waals surface area contributed by atoms with Crippen LogP contribution in [-0.2, 0) is 4.79 Å². The molecule has 0 heterocycles. The largest absolute Gasteiger partial charge is 0.482 e. The fraction of sp³-hybridized carbons (Fsp3) is 0.273. The van der Waals surface area contributed by atoms with E-state index in [1.807, 2.05) is 6.07 Å². The summed E-state index contributed by atoms with van der Waals surface area (Å²) < 4.78 is 5.23. The summed E-state index contributed by atoms with van der Waals surface area (Å²) in [7, 11) is 1.53.